The maximum absolute atomic E-state index is 14.3. The van der Waals surface area contributed by atoms with E-state index in [1.165, 1.54) is 38.4 Å². The number of amides is 1. The van der Waals surface area contributed by atoms with Crippen LogP contribution in [0.25, 0.3) is 11.0 Å². The van der Waals surface area contributed by atoms with Crippen LogP contribution in [0.2, 0.25) is 0 Å². The molecular formula is C22H18F4N4O4. The molecule has 0 saturated heterocycles. The molecule has 34 heavy (non-hydrogen) atoms. The topological polar surface area (TPSA) is 108 Å². The largest absolute Gasteiger partial charge is 0.455 e. The second-order valence-electron chi connectivity index (χ2n) is 8.48. The molecule has 3 aromatic heterocycles. The molecule has 2 N–H and O–H groups in total. The highest BCUT2D eigenvalue weighted by Gasteiger charge is 2.46. The molecule has 178 valence electrons. The van der Waals surface area contributed by atoms with Crippen molar-refractivity contribution in [2.45, 2.75) is 38.1 Å². The van der Waals surface area contributed by atoms with Crippen LogP contribution in [-0.4, -0.2) is 37.4 Å². The number of hydrogen-bond donors (Lipinski definition) is 2. The van der Waals surface area contributed by atoms with Crippen LogP contribution in [0.3, 0.4) is 0 Å². The maximum atomic E-state index is 14.3. The lowest BCUT2D eigenvalue weighted by Gasteiger charge is -2.33. The first-order valence-corrected chi connectivity index (χ1v) is 10.3. The van der Waals surface area contributed by atoms with Crippen molar-refractivity contribution in [3.63, 3.8) is 0 Å². The fourth-order valence-corrected chi connectivity index (χ4v) is 4.02. The molecule has 0 aliphatic carbocycles. The Hall–Kier alpha value is -3.67. The Labute approximate surface area is 189 Å². The number of fused-ring (bicyclic) bond motifs is 2. The number of hydrogen-bond acceptors (Lipinski definition) is 6. The van der Waals surface area contributed by atoms with E-state index < -0.39 is 46.9 Å². The molecule has 1 aromatic carbocycles. The minimum atomic E-state index is -5.01. The number of oxazole rings is 1. The van der Waals surface area contributed by atoms with Gasteiger partial charge in [-0.1, -0.05) is 12.1 Å². The number of aromatic amines is 1. The Kier molecular flexibility index (Phi) is 4.83. The summed E-state index contributed by atoms with van der Waals surface area (Å²) in [6.45, 7) is 2.37. The van der Waals surface area contributed by atoms with Gasteiger partial charge in [0.2, 0.25) is 11.7 Å². The number of furan rings is 1. The number of benzene rings is 1. The molecule has 4 aromatic rings. The summed E-state index contributed by atoms with van der Waals surface area (Å²) >= 11 is 0. The molecule has 0 radical (unpaired) electrons. The molecule has 5 rings (SSSR count). The van der Waals surface area contributed by atoms with Crippen molar-refractivity contribution in [3.8, 4) is 0 Å². The number of rotatable bonds is 3. The van der Waals surface area contributed by atoms with Crippen LogP contribution < -0.4 is 0 Å². The monoisotopic (exact) mass is 478 g/mol. The van der Waals surface area contributed by atoms with E-state index in [1.807, 2.05) is 0 Å². The standard InChI is InChI=1S/C22H18F4N4O4/c1-21(2,32)20-29-18(22(24,25)26)17(34-20)19(31)30-7-6-12-14(28-9-27-12)15(30)13-8-10-4-3-5-11(23)16(10)33-13/h3-5,8-9,15,32H,6-7H2,1-2H3,(H,27,28)/t15-/m1/s1. The summed E-state index contributed by atoms with van der Waals surface area (Å²) in [6.07, 6.45) is -3.33. The van der Waals surface area contributed by atoms with Crippen LogP contribution in [-0.2, 0) is 18.2 Å². The summed E-state index contributed by atoms with van der Waals surface area (Å²) in [5.74, 6) is -3.32. The van der Waals surface area contributed by atoms with Crippen molar-refractivity contribution < 1.29 is 36.3 Å². The van der Waals surface area contributed by atoms with E-state index in [0.29, 0.717) is 16.8 Å². The number of nitrogens with zero attached hydrogens (tertiary/aromatic N) is 3. The second kappa shape index (κ2) is 7.42. The summed E-state index contributed by atoms with van der Waals surface area (Å²) in [4.78, 5) is 25.1. The van der Waals surface area contributed by atoms with Gasteiger partial charge in [-0.15, -0.1) is 0 Å². The van der Waals surface area contributed by atoms with E-state index in [9.17, 15) is 27.5 Å². The number of para-hydroxylation sites is 1. The van der Waals surface area contributed by atoms with Crippen molar-refractivity contribution in [2.75, 3.05) is 6.54 Å². The van der Waals surface area contributed by atoms with E-state index >= 15 is 0 Å². The van der Waals surface area contributed by atoms with Gasteiger partial charge in [-0.3, -0.25) is 4.79 Å². The number of carbonyl (C=O) groups is 1. The smallest absolute Gasteiger partial charge is 0.437 e. The average molecular weight is 478 g/mol. The third-order valence-corrected chi connectivity index (χ3v) is 5.58. The van der Waals surface area contributed by atoms with Crippen molar-refractivity contribution in [1.82, 2.24) is 19.9 Å². The molecule has 0 unspecified atom stereocenters. The van der Waals surface area contributed by atoms with E-state index in [1.54, 1.807) is 6.07 Å². The summed E-state index contributed by atoms with van der Waals surface area (Å²) < 4.78 is 66.3. The second-order valence-corrected chi connectivity index (χ2v) is 8.48. The number of halogens is 4. The van der Waals surface area contributed by atoms with Crippen LogP contribution in [0, 0.1) is 5.82 Å². The van der Waals surface area contributed by atoms with Crippen LogP contribution >= 0.6 is 0 Å². The zero-order chi connectivity index (χ0) is 24.4. The van der Waals surface area contributed by atoms with Gasteiger partial charge in [-0.05, 0) is 26.0 Å². The van der Waals surface area contributed by atoms with Gasteiger partial charge < -0.3 is 23.8 Å². The van der Waals surface area contributed by atoms with Crippen LogP contribution in [0.1, 0.15) is 59.2 Å². The van der Waals surface area contributed by atoms with E-state index in [4.69, 9.17) is 8.83 Å². The Morgan fingerprint density at radius 3 is 2.71 bits per heavy atom. The Balaban J connectivity index is 1.65. The normalized spacial score (nSPS) is 16.8. The summed E-state index contributed by atoms with van der Waals surface area (Å²) in [5.41, 5.74) is -2.43. The van der Waals surface area contributed by atoms with Gasteiger partial charge >= 0.3 is 6.18 Å². The molecule has 1 amide bonds. The van der Waals surface area contributed by atoms with Gasteiger partial charge in [0, 0.05) is 24.0 Å². The van der Waals surface area contributed by atoms with E-state index in [0.717, 1.165) is 4.90 Å². The third-order valence-electron chi connectivity index (χ3n) is 5.58. The molecule has 0 saturated carbocycles. The lowest BCUT2D eigenvalue weighted by Crippen LogP contribution is -2.41. The zero-order valence-electron chi connectivity index (χ0n) is 17.9. The number of alkyl halides is 3. The first-order valence-electron chi connectivity index (χ1n) is 10.3. The quantitative estimate of drug-likeness (QED) is 0.425. The summed E-state index contributed by atoms with van der Waals surface area (Å²) in [7, 11) is 0. The number of imidazole rings is 1. The zero-order valence-corrected chi connectivity index (χ0v) is 17.9. The van der Waals surface area contributed by atoms with Gasteiger partial charge in [-0.25, -0.2) is 14.4 Å². The van der Waals surface area contributed by atoms with Crippen LogP contribution in [0.4, 0.5) is 17.6 Å². The highest BCUT2D eigenvalue weighted by Crippen LogP contribution is 2.40. The van der Waals surface area contributed by atoms with Gasteiger partial charge in [0.25, 0.3) is 5.91 Å². The first kappa shape index (κ1) is 22.1. The maximum Gasteiger partial charge on any atom is 0.437 e. The minimum absolute atomic E-state index is 0.00588. The number of aromatic nitrogens is 3. The molecule has 0 bridgehead atoms. The molecule has 0 fully saturated rings. The predicted molar refractivity (Wildman–Crippen MR) is 108 cm³/mol. The average Bonchev–Trinajstić information content (AvgIpc) is 3.48. The van der Waals surface area contributed by atoms with Crippen molar-refractivity contribution in [2.24, 2.45) is 0 Å². The first-order chi connectivity index (χ1) is 15.9. The molecule has 4 heterocycles. The van der Waals surface area contributed by atoms with Crippen LogP contribution in [0.5, 0.6) is 0 Å². The highest BCUT2D eigenvalue weighted by atomic mass is 19.4. The van der Waals surface area contributed by atoms with E-state index in [2.05, 4.69) is 15.0 Å². The fraction of sp³-hybridized carbons (Fsp3) is 0.318. The van der Waals surface area contributed by atoms with Crippen molar-refractivity contribution >= 4 is 16.9 Å². The third kappa shape index (κ3) is 3.54. The molecule has 8 nitrogen and oxygen atoms in total. The number of H-pyrrole nitrogens is 1. The Bertz CT molecular complexity index is 1400. The lowest BCUT2D eigenvalue weighted by molar-refractivity contribution is -0.141. The van der Waals surface area contributed by atoms with Gasteiger partial charge in [0.1, 0.15) is 17.4 Å². The van der Waals surface area contributed by atoms with Gasteiger partial charge in [0.05, 0.1) is 12.0 Å². The highest BCUT2D eigenvalue weighted by molar-refractivity contribution is 5.93. The minimum Gasteiger partial charge on any atom is -0.455 e. The Morgan fingerprint density at radius 2 is 2.03 bits per heavy atom. The van der Waals surface area contributed by atoms with Crippen molar-refractivity contribution in [3.05, 3.63) is 70.9 Å². The molecule has 1 atom stereocenters. The van der Waals surface area contributed by atoms with E-state index in [-0.39, 0.29) is 24.3 Å². The lowest BCUT2D eigenvalue weighted by atomic mass is 9.99. The Morgan fingerprint density at radius 1 is 1.26 bits per heavy atom. The fourth-order valence-electron chi connectivity index (χ4n) is 4.02. The number of aliphatic hydroxyl groups is 1. The van der Waals surface area contributed by atoms with Gasteiger partial charge in [0.15, 0.2) is 17.1 Å². The predicted octanol–water partition coefficient (Wildman–Crippen LogP) is 4.32. The molecule has 0 spiro atoms. The number of nitrogens with one attached hydrogen (secondary N) is 1. The van der Waals surface area contributed by atoms with Gasteiger partial charge in [-0.2, -0.15) is 13.2 Å². The molecular weight excluding hydrogens is 460 g/mol. The molecule has 1 aliphatic rings. The van der Waals surface area contributed by atoms with Crippen molar-refractivity contribution in [1.29, 1.82) is 0 Å². The summed E-state index contributed by atoms with van der Waals surface area (Å²) in [5, 5.41) is 10.5. The molecule has 1 aliphatic heterocycles. The summed E-state index contributed by atoms with van der Waals surface area (Å²) in [6, 6.07) is 4.77. The van der Waals surface area contributed by atoms with Crippen LogP contribution in [0.15, 0.2) is 39.4 Å². The number of carbonyl (C=O) groups excluding carboxylic acids is 1. The molecule has 12 heteroatoms. The SMILES string of the molecule is CC(C)(O)c1nc(C(F)(F)F)c(C(=O)N2CCc3[nH]cnc3[C@H]2c2cc3cccc(F)c3o2)o1.